The first-order valence-corrected chi connectivity index (χ1v) is 6.76. The second kappa shape index (κ2) is 6.26. The highest BCUT2D eigenvalue weighted by atomic mass is 16.3. The molecule has 0 unspecified atom stereocenters. The van der Waals surface area contributed by atoms with E-state index in [0.29, 0.717) is 5.82 Å². The van der Waals surface area contributed by atoms with Gasteiger partial charge in [0.15, 0.2) is 5.82 Å². The first-order valence-electron chi connectivity index (χ1n) is 6.76. The van der Waals surface area contributed by atoms with Crippen LogP contribution >= 0.6 is 0 Å². The lowest BCUT2D eigenvalue weighted by Crippen LogP contribution is -2.30. The average molecular weight is 285 g/mol. The summed E-state index contributed by atoms with van der Waals surface area (Å²) in [6, 6.07) is 10.6. The van der Waals surface area contributed by atoms with E-state index >= 15 is 0 Å². The van der Waals surface area contributed by atoms with Crippen molar-refractivity contribution in [3.05, 3.63) is 42.6 Å². The van der Waals surface area contributed by atoms with Crippen LogP contribution in [0.15, 0.2) is 42.6 Å². The first-order chi connectivity index (χ1) is 10.0. The zero-order chi connectivity index (χ0) is 15.4. The molecule has 0 radical (unpaired) electrons. The van der Waals surface area contributed by atoms with E-state index in [4.69, 9.17) is 0 Å². The molecule has 1 amide bonds. The molecule has 1 N–H and O–H groups in total. The molecule has 5 heteroatoms. The Bertz CT molecular complexity index is 611. The molecule has 0 saturated carbocycles. The zero-order valence-electron chi connectivity index (χ0n) is 12.4. The van der Waals surface area contributed by atoms with E-state index in [1.807, 2.05) is 37.9 Å². The van der Waals surface area contributed by atoms with Gasteiger partial charge in [-0.25, -0.2) is 4.98 Å². The van der Waals surface area contributed by atoms with Crippen molar-refractivity contribution in [2.24, 2.45) is 0 Å². The molecule has 1 heterocycles. The summed E-state index contributed by atoms with van der Waals surface area (Å²) in [7, 11) is 1.88. The molecular weight excluding hydrogens is 266 g/mol. The number of hydrogen-bond acceptors (Lipinski definition) is 4. The number of amides is 1. The van der Waals surface area contributed by atoms with Crippen LogP contribution in [0.1, 0.15) is 13.8 Å². The fourth-order valence-electron chi connectivity index (χ4n) is 2.10. The predicted octanol–water partition coefficient (Wildman–Crippen LogP) is 2.93. The summed E-state index contributed by atoms with van der Waals surface area (Å²) in [5.41, 5.74) is 1.63. The Morgan fingerprint density at radius 2 is 1.86 bits per heavy atom. The normalized spacial score (nSPS) is 10.5. The van der Waals surface area contributed by atoms with E-state index in [2.05, 4.69) is 4.98 Å². The number of hydrogen-bond donors (Lipinski definition) is 1. The minimum absolute atomic E-state index is 0.0404. The highest BCUT2D eigenvalue weighted by molar-refractivity contribution is 5.84. The molecule has 0 saturated heterocycles. The lowest BCUT2D eigenvalue weighted by Gasteiger charge is -2.28. The van der Waals surface area contributed by atoms with Gasteiger partial charge in [0.05, 0.1) is 5.69 Å². The summed E-state index contributed by atoms with van der Waals surface area (Å²) < 4.78 is 0. The molecule has 0 aliphatic heterocycles. The second-order valence-corrected chi connectivity index (χ2v) is 5.03. The van der Waals surface area contributed by atoms with Gasteiger partial charge in [0.1, 0.15) is 5.75 Å². The summed E-state index contributed by atoms with van der Waals surface area (Å²) in [4.78, 5) is 19.3. The van der Waals surface area contributed by atoms with Crippen LogP contribution in [-0.4, -0.2) is 29.6 Å². The molecule has 0 atom stereocenters. The van der Waals surface area contributed by atoms with Crippen molar-refractivity contribution >= 4 is 23.6 Å². The molecule has 1 aromatic heterocycles. The van der Waals surface area contributed by atoms with Crippen LogP contribution in [0.3, 0.4) is 0 Å². The number of anilines is 3. The topological polar surface area (TPSA) is 56.7 Å². The van der Waals surface area contributed by atoms with Gasteiger partial charge in [-0.05, 0) is 50.2 Å². The third-order valence-corrected chi connectivity index (χ3v) is 3.27. The van der Waals surface area contributed by atoms with Crippen molar-refractivity contribution in [2.45, 2.75) is 19.9 Å². The van der Waals surface area contributed by atoms with Crippen LogP contribution in [0.5, 0.6) is 5.75 Å². The van der Waals surface area contributed by atoms with Gasteiger partial charge in [0.25, 0.3) is 0 Å². The second-order valence-electron chi connectivity index (χ2n) is 5.03. The largest absolute Gasteiger partial charge is 0.508 e. The van der Waals surface area contributed by atoms with Gasteiger partial charge >= 0.3 is 0 Å². The molecule has 0 fully saturated rings. The standard InChI is InChI=1S/C16H19N3O2/c1-12(2)19(11-20)15-5-4-10-17-16(15)18(3)13-6-8-14(21)9-7-13/h4-12,21H,1-3H3. The molecule has 0 aliphatic carbocycles. The molecule has 2 rings (SSSR count). The van der Waals surface area contributed by atoms with E-state index in [-0.39, 0.29) is 11.8 Å². The lowest BCUT2D eigenvalue weighted by molar-refractivity contribution is -0.107. The van der Waals surface area contributed by atoms with Crippen LogP contribution in [-0.2, 0) is 4.79 Å². The van der Waals surface area contributed by atoms with Crippen molar-refractivity contribution in [3.8, 4) is 5.75 Å². The Hall–Kier alpha value is -2.56. The van der Waals surface area contributed by atoms with E-state index in [0.717, 1.165) is 17.8 Å². The molecule has 1 aromatic carbocycles. The Labute approximate surface area is 124 Å². The van der Waals surface area contributed by atoms with Crippen molar-refractivity contribution < 1.29 is 9.90 Å². The van der Waals surface area contributed by atoms with Crippen molar-refractivity contribution in [3.63, 3.8) is 0 Å². The third kappa shape index (κ3) is 3.13. The van der Waals surface area contributed by atoms with Crippen LogP contribution in [0.25, 0.3) is 0 Å². The Balaban J connectivity index is 2.44. The molecule has 2 aromatic rings. The number of phenolic OH excluding ortho intramolecular Hbond substituents is 1. The highest BCUT2D eigenvalue weighted by Crippen LogP contribution is 2.32. The van der Waals surface area contributed by atoms with Crippen molar-refractivity contribution in [1.82, 2.24) is 4.98 Å². The monoisotopic (exact) mass is 285 g/mol. The summed E-state index contributed by atoms with van der Waals surface area (Å²) in [5.74, 6) is 0.897. The van der Waals surface area contributed by atoms with Crippen molar-refractivity contribution in [1.29, 1.82) is 0 Å². The van der Waals surface area contributed by atoms with Gasteiger partial charge in [-0.1, -0.05) is 0 Å². The summed E-state index contributed by atoms with van der Waals surface area (Å²) in [6.07, 6.45) is 2.51. The Morgan fingerprint density at radius 1 is 1.19 bits per heavy atom. The molecule has 110 valence electrons. The number of aromatic hydroxyl groups is 1. The van der Waals surface area contributed by atoms with Crippen LogP contribution in [0, 0.1) is 0 Å². The quantitative estimate of drug-likeness (QED) is 0.858. The van der Waals surface area contributed by atoms with E-state index in [1.165, 1.54) is 0 Å². The average Bonchev–Trinajstić information content (AvgIpc) is 2.48. The number of rotatable bonds is 5. The summed E-state index contributed by atoms with van der Waals surface area (Å²) >= 11 is 0. The maximum atomic E-state index is 11.3. The Kier molecular flexibility index (Phi) is 4.42. The van der Waals surface area contributed by atoms with Crippen molar-refractivity contribution in [2.75, 3.05) is 16.8 Å². The number of nitrogens with zero attached hydrogens (tertiary/aromatic N) is 3. The summed E-state index contributed by atoms with van der Waals surface area (Å²) in [5, 5.41) is 9.37. The third-order valence-electron chi connectivity index (χ3n) is 3.27. The van der Waals surface area contributed by atoms with E-state index in [1.54, 1.807) is 35.4 Å². The van der Waals surface area contributed by atoms with Gasteiger partial charge in [-0.15, -0.1) is 0 Å². The zero-order valence-corrected chi connectivity index (χ0v) is 12.4. The first kappa shape index (κ1) is 14.8. The van der Waals surface area contributed by atoms with E-state index < -0.39 is 0 Å². The van der Waals surface area contributed by atoms with Gasteiger partial charge in [0, 0.05) is 25.0 Å². The maximum Gasteiger partial charge on any atom is 0.214 e. The SMILES string of the molecule is CC(C)N(C=O)c1cccnc1N(C)c1ccc(O)cc1. The van der Waals surface area contributed by atoms with Gasteiger partial charge in [-0.3, -0.25) is 4.79 Å². The molecule has 0 bridgehead atoms. The minimum atomic E-state index is 0.0404. The minimum Gasteiger partial charge on any atom is -0.508 e. The van der Waals surface area contributed by atoms with Gasteiger partial charge in [0.2, 0.25) is 6.41 Å². The number of pyridine rings is 1. The van der Waals surface area contributed by atoms with Gasteiger partial charge < -0.3 is 14.9 Å². The molecule has 5 nitrogen and oxygen atoms in total. The van der Waals surface area contributed by atoms with Crippen LogP contribution in [0.4, 0.5) is 17.2 Å². The lowest BCUT2D eigenvalue weighted by atomic mass is 10.2. The van der Waals surface area contributed by atoms with Gasteiger partial charge in [-0.2, -0.15) is 0 Å². The van der Waals surface area contributed by atoms with E-state index in [9.17, 15) is 9.90 Å². The number of carbonyl (C=O) groups is 1. The van der Waals surface area contributed by atoms with Crippen LogP contribution < -0.4 is 9.80 Å². The molecule has 0 spiro atoms. The number of benzene rings is 1. The van der Waals surface area contributed by atoms with Crippen LogP contribution in [0.2, 0.25) is 0 Å². The smallest absolute Gasteiger partial charge is 0.214 e. The number of phenols is 1. The summed E-state index contributed by atoms with van der Waals surface area (Å²) in [6.45, 7) is 3.90. The fraction of sp³-hybridized carbons (Fsp3) is 0.250. The molecular formula is C16H19N3O2. The predicted molar refractivity (Wildman–Crippen MR) is 84.1 cm³/mol. The highest BCUT2D eigenvalue weighted by Gasteiger charge is 2.17. The Morgan fingerprint density at radius 3 is 2.43 bits per heavy atom. The maximum absolute atomic E-state index is 11.3. The number of aromatic nitrogens is 1. The molecule has 21 heavy (non-hydrogen) atoms. The molecule has 0 aliphatic rings. The fourth-order valence-corrected chi connectivity index (χ4v) is 2.10. The number of carbonyl (C=O) groups excluding carboxylic acids is 1.